The summed E-state index contributed by atoms with van der Waals surface area (Å²) in [6, 6.07) is 42.4. The molecule has 10 rings (SSSR count). The maximum atomic E-state index is 9.24. The molecule has 0 saturated carbocycles. The van der Waals surface area contributed by atoms with Crippen LogP contribution in [0.25, 0.3) is 76.9 Å². The van der Waals surface area contributed by atoms with Gasteiger partial charge < -0.3 is 18.9 Å². The summed E-state index contributed by atoms with van der Waals surface area (Å²) in [6.07, 6.45) is 0. The van der Waals surface area contributed by atoms with Crippen molar-refractivity contribution in [1.29, 1.82) is 0 Å². The zero-order chi connectivity index (χ0) is 35.8. The third-order valence-electron chi connectivity index (χ3n) is 8.48. The molecule has 12 heteroatoms. The van der Waals surface area contributed by atoms with Crippen LogP contribution in [0.1, 0.15) is 0 Å². The Morgan fingerprint density at radius 1 is 0.442 bits per heavy atom. The molecule has 4 heterocycles. The van der Waals surface area contributed by atoms with Gasteiger partial charge in [0.15, 0.2) is 0 Å². The fourth-order valence-corrected chi connectivity index (χ4v) is 6.80. The number of fused-ring (bicyclic) bond motifs is 8. The van der Waals surface area contributed by atoms with Crippen molar-refractivity contribution in [3.8, 4) is 11.3 Å². The zero-order valence-corrected chi connectivity index (χ0v) is 29.2. The highest BCUT2D eigenvalue weighted by molar-refractivity contribution is 6.61. The van der Waals surface area contributed by atoms with Gasteiger partial charge in [-0.15, -0.1) is 0 Å². The lowest BCUT2D eigenvalue weighted by Gasteiger charge is -2.06. The van der Waals surface area contributed by atoms with Crippen molar-refractivity contribution in [2.24, 2.45) is 0 Å². The van der Waals surface area contributed by atoms with Gasteiger partial charge in [-0.3, -0.25) is 0 Å². The van der Waals surface area contributed by atoms with E-state index in [1.165, 1.54) is 0 Å². The highest BCUT2D eigenvalue weighted by Gasteiger charge is 2.19. The van der Waals surface area contributed by atoms with Crippen molar-refractivity contribution in [1.82, 2.24) is 19.9 Å². The van der Waals surface area contributed by atoms with Crippen molar-refractivity contribution in [2.45, 2.75) is 0 Å². The molecular formula is C40H24BCl3N4O4. The first kappa shape index (κ1) is 33.6. The quantitative estimate of drug-likeness (QED) is 0.102. The predicted molar refractivity (Wildman–Crippen MR) is 210 cm³/mol. The monoisotopic (exact) mass is 740 g/mol. The smallest absolute Gasteiger partial charge is 0.456 e. The average molecular weight is 742 g/mol. The lowest BCUT2D eigenvalue weighted by atomic mass is 9.79. The van der Waals surface area contributed by atoms with Crippen LogP contribution in [0.4, 0.5) is 0 Å². The normalized spacial score (nSPS) is 11.2. The van der Waals surface area contributed by atoms with Crippen LogP contribution < -0.4 is 5.46 Å². The first-order valence-corrected chi connectivity index (χ1v) is 17.2. The Labute approximate surface area is 311 Å². The van der Waals surface area contributed by atoms with Gasteiger partial charge in [-0.05, 0) is 59.6 Å². The summed E-state index contributed by atoms with van der Waals surface area (Å²) in [7, 11) is -1.51. The topological polar surface area (TPSA) is 118 Å². The van der Waals surface area contributed by atoms with Crippen LogP contribution in [0.15, 0.2) is 142 Å². The van der Waals surface area contributed by atoms with E-state index in [4.69, 9.17) is 43.6 Å². The van der Waals surface area contributed by atoms with Crippen LogP contribution in [-0.4, -0.2) is 37.1 Å². The molecule has 0 amide bonds. The van der Waals surface area contributed by atoms with Crippen LogP contribution in [-0.2, 0) is 0 Å². The van der Waals surface area contributed by atoms with Crippen molar-refractivity contribution in [2.75, 3.05) is 0 Å². The molecule has 0 radical (unpaired) electrons. The number of para-hydroxylation sites is 6. The van der Waals surface area contributed by atoms with E-state index in [0.29, 0.717) is 16.2 Å². The molecule has 0 spiro atoms. The standard InChI is InChI=1S/C20H11ClN2O.C12H9BO3.C8H4Cl2N2/c21-20-22-16-10-3-1-7-14(16)18(23-20)15-9-5-8-13-12-6-2-4-11-17(12)24-19(13)15;14-13(15)10-6-3-5-9-8-4-1-2-7-11(8)16-12(9)10;9-7-5-3-1-2-4-6(5)11-8(10)12-7/h1-11H;1-7,14-15H;1-4H. The highest BCUT2D eigenvalue weighted by Crippen LogP contribution is 2.37. The van der Waals surface area contributed by atoms with Crippen LogP contribution in [0.2, 0.25) is 15.7 Å². The summed E-state index contributed by atoms with van der Waals surface area (Å²) in [5, 5.41) is 25.1. The molecule has 0 aliphatic rings. The van der Waals surface area contributed by atoms with Gasteiger partial charge in [0, 0.05) is 43.3 Å². The molecule has 2 N–H and O–H groups in total. The maximum absolute atomic E-state index is 9.24. The van der Waals surface area contributed by atoms with Crippen LogP contribution in [0, 0.1) is 0 Å². The average Bonchev–Trinajstić information content (AvgIpc) is 3.74. The summed E-state index contributed by atoms with van der Waals surface area (Å²) >= 11 is 17.6. The van der Waals surface area contributed by atoms with E-state index in [-0.39, 0.29) is 10.6 Å². The molecule has 0 aliphatic heterocycles. The van der Waals surface area contributed by atoms with Crippen molar-refractivity contribution in [3.05, 3.63) is 149 Å². The second kappa shape index (κ2) is 14.2. The van der Waals surface area contributed by atoms with E-state index in [9.17, 15) is 10.0 Å². The summed E-state index contributed by atoms with van der Waals surface area (Å²) in [6.45, 7) is 0. The third-order valence-corrected chi connectivity index (χ3v) is 9.10. The summed E-state index contributed by atoms with van der Waals surface area (Å²) < 4.78 is 11.7. The van der Waals surface area contributed by atoms with E-state index in [1.807, 2.05) is 109 Å². The highest BCUT2D eigenvalue weighted by atomic mass is 35.5. The van der Waals surface area contributed by atoms with E-state index in [2.05, 4.69) is 32.1 Å². The van der Waals surface area contributed by atoms with Gasteiger partial charge in [0.05, 0.1) is 16.7 Å². The van der Waals surface area contributed by atoms with Crippen molar-refractivity contribution in [3.63, 3.8) is 0 Å². The Kier molecular flexibility index (Phi) is 9.19. The molecule has 6 aromatic carbocycles. The number of rotatable bonds is 2. The van der Waals surface area contributed by atoms with Gasteiger partial charge in [0.1, 0.15) is 27.5 Å². The van der Waals surface area contributed by atoms with Crippen LogP contribution >= 0.6 is 34.8 Å². The molecule has 0 saturated heterocycles. The van der Waals surface area contributed by atoms with Gasteiger partial charge in [-0.25, -0.2) is 19.9 Å². The molecule has 252 valence electrons. The summed E-state index contributed by atoms with van der Waals surface area (Å²) in [5.74, 6) is 0. The molecule has 0 atom stereocenters. The number of benzene rings is 6. The SMILES string of the molecule is Clc1nc(-c2cccc3c2oc2ccccc23)c2ccccc2n1.Clc1nc(Cl)c2ccccc2n1.OB(O)c1cccc2c1oc1ccccc12. The first-order valence-electron chi connectivity index (χ1n) is 16.0. The number of nitrogens with zero attached hydrogens (tertiary/aromatic N) is 4. The van der Waals surface area contributed by atoms with E-state index < -0.39 is 7.12 Å². The number of hydrogen-bond acceptors (Lipinski definition) is 8. The number of halogens is 3. The Morgan fingerprint density at radius 2 is 0.923 bits per heavy atom. The maximum Gasteiger partial charge on any atom is 0.492 e. The minimum atomic E-state index is -1.51. The molecule has 10 aromatic rings. The Bertz CT molecular complexity index is 2910. The Balaban J connectivity index is 0.000000120. The molecule has 8 nitrogen and oxygen atoms in total. The summed E-state index contributed by atoms with van der Waals surface area (Å²) in [4.78, 5) is 16.6. The molecule has 0 fully saturated rings. The lowest BCUT2D eigenvalue weighted by molar-refractivity contribution is 0.425. The van der Waals surface area contributed by atoms with Crippen LogP contribution in [0.3, 0.4) is 0 Å². The molecule has 0 aliphatic carbocycles. The fourth-order valence-electron chi connectivity index (χ4n) is 6.17. The van der Waals surface area contributed by atoms with Gasteiger partial charge in [-0.2, -0.15) is 0 Å². The minimum Gasteiger partial charge on any atom is -0.456 e. The largest absolute Gasteiger partial charge is 0.492 e. The molecular weight excluding hydrogens is 718 g/mol. The van der Waals surface area contributed by atoms with Gasteiger partial charge in [-0.1, -0.05) is 109 Å². The van der Waals surface area contributed by atoms with E-state index >= 15 is 0 Å². The second-order valence-electron chi connectivity index (χ2n) is 11.6. The number of furan rings is 2. The Morgan fingerprint density at radius 3 is 1.58 bits per heavy atom. The summed E-state index contributed by atoms with van der Waals surface area (Å²) in [5.41, 5.74) is 6.67. The van der Waals surface area contributed by atoms with Gasteiger partial charge in [0.2, 0.25) is 10.6 Å². The van der Waals surface area contributed by atoms with Gasteiger partial charge in [0.25, 0.3) is 0 Å². The third kappa shape index (κ3) is 6.41. The number of hydrogen-bond donors (Lipinski definition) is 2. The number of aromatic nitrogens is 4. The minimum absolute atomic E-state index is 0.179. The predicted octanol–water partition coefficient (Wildman–Crippen LogP) is 10.1. The van der Waals surface area contributed by atoms with E-state index in [1.54, 1.807) is 12.1 Å². The fraction of sp³-hybridized carbons (Fsp3) is 0. The molecule has 52 heavy (non-hydrogen) atoms. The molecule has 0 unspecified atom stereocenters. The van der Waals surface area contributed by atoms with E-state index in [0.717, 1.165) is 71.4 Å². The van der Waals surface area contributed by atoms with Crippen molar-refractivity contribution < 1.29 is 18.9 Å². The first-order chi connectivity index (χ1) is 25.4. The van der Waals surface area contributed by atoms with Crippen LogP contribution in [0.5, 0.6) is 0 Å². The lowest BCUT2D eigenvalue weighted by Crippen LogP contribution is -2.29. The Hall–Kier alpha value is -5.55. The zero-order valence-electron chi connectivity index (χ0n) is 26.9. The molecule has 4 aromatic heterocycles. The van der Waals surface area contributed by atoms with Gasteiger partial charge >= 0.3 is 7.12 Å². The van der Waals surface area contributed by atoms with Crippen molar-refractivity contribution >= 4 is 113 Å². The second-order valence-corrected chi connectivity index (χ2v) is 12.7. The molecule has 0 bridgehead atoms.